The highest BCUT2D eigenvalue weighted by molar-refractivity contribution is 7.92. The molecule has 0 amide bonds. The third-order valence-electron chi connectivity index (χ3n) is 2.42. The second-order valence-corrected chi connectivity index (χ2v) is 5.41. The van der Waals surface area contributed by atoms with Crippen molar-refractivity contribution >= 4 is 21.4 Å². The number of benzene rings is 1. The summed E-state index contributed by atoms with van der Waals surface area (Å²) in [7, 11) is -2.24. The Morgan fingerprint density at radius 2 is 1.95 bits per heavy atom. The van der Waals surface area contributed by atoms with Crippen LogP contribution in [-0.2, 0) is 10.0 Å². The number of pyridine rings is 1. The van der Waals surface area contributed by atoms with E-state index < -0.39 is 10.0 Å². The fraction of sp³-hybridized carbons (Fsp3) is 0.0833. The quantitative estimate of drug-likeness (QED) is 0.883. The minimum Gasteiger partial charge on any atom is -0.481 e. The Morgan fingerprint density at radius 3 is 2.58 bits per heavy atom. The van der Waals surface area contributed by atoms with Crippen molar-refractivity contribution in [1.29, 1.82) is 0 Å². The molecule has 1 heterocycles. The van der Waals surface area contributed by atoms with Crippen molar-refractivity contribution in [3.05, 3.63) is 42.6 Å². The molecule has 0 bridgehead atoms. The molecule has 0 atom stereocenters. The highest BCUT2D eigenvalue weighted by Crippen LogP contribution is 2.24. The van der Waals surface area contributed by atoms with Crippen LogP contribution in [0.25, 0.3) is 0 Å². The van der Waals surface area contributed by atoms with Crippen molar-refractivity contribution in [3.8, 4) is 5.88 Å². The molecule has 3 N–H and O–H groups in total. The summed E-state index contributed by atoms with van der Waals surface area (Å²) in [5, 5.41) is 0. The number of nitrogen functional groups attached to an aromatic ring is 1. The van der Waals surface area contributed by atoms with E-state index in [1.165, 1.54) is 31.5 Å². The number of nitrogens with two attached hydrogens (primary N) is 1. The predicted molar refractivity (Wildman–Crippen MR) is 72.5 cm³/mol. The number of nitrogens with one attached hydrogen (secondary N) is 1. The van der Waals surface area contributed by atoms with Gasteiger partial charge in [0.1, 0.15) is 0 Å². The number of rotatable bonds is 4. The second-order valence-electron chi connectivity index (χ2n) is 3.73. The first-order chi connectivity index (χ1) is 9.03. The van der Waals surface area contributed by atoms with E-state index in [4.69, 9.17) is 10.5 Å². The van der Waals surface area contributed by atoms with Crippen LogP contribution >= 0.6 is 0 Å². The van der Waals surface area contributed by atoms with Gasteiger partial charge in [-0.05, 0) is 12.1 Å². The monoisotopic (exact) mass is 279 g/mol. The van der Waals surface area contributed by atoms with Gasteiger partial charge in [0.15, 0.2) is 0 Å². The minimum atomic E-state index is -3.67. The Labute approximate surface area is 111 Å². The van der Waals surface area contributed by atoms with Crippen LogP contribution in [0.3, 0.4) is 0 Å². The lowest BCUT2D eigenvalue weighted by Crippen LogP contribution is -2.14. The molecular formula is C12H13N3O3S. The van der Waals surface area contributed by atoms with Crippen LogP contribution in [0.2, 0.25) is 0 Å². The maximum absolute atomic E-state index is 12.1. The van der Waals surface area contributed by atoms with Gasteiger partial charge in [0.2, 0.25) is 5.88 Å². The number of hydrogen-bond acceptors (Lipinski definition) is 5. The van der Waals surface area contributed by atoms with Gasteiger partial charge < -0.3 is 10.5 Å². The molecule has 0 aliphatic heterocycles. The average molecular weight is 279 g/mol. The number of aromatic nitrogens is 1. The Morgan fingerprint density at radius 1 is 1.26 bits per heavy atom. The van der Waals surface area contributed by atoms with Gasteiger partial charge >= 0.3 is 0 Å². The van der Waals surface area contributed by atoms with E-state index in [9.17, 15) is 8.42 Å². The highest BCUT2D eigenvalue weighted by Gasteiger charge is 2.15. The highest BCUT2D eigenvalue weighted by atomic mass is 32.2. The van der Waals surface area contributed by atoms with Gasteiger partial charge in [-0.3, -0.25) is 4.72 Å². The fourth-order valence-corrected chi connectivity index (χ4v) is 2.55. The topological polar surface area (TPSA) is 94.3 Å². The summed E-state index contributed by atoms with van der Waals surface area (Å²) in [5.74, 6) is 0.278. The van der Waals surface area contributed by atoms with Gasteiger partial charge in [0.25, 0.3) is 10.0 Å². The number of anilines is 2. The number of nitrogens with zero attached hydrogens (tertiary/aromatic N) is 1. The van der Waals surface area contributed by atoms with Crippen LogP contribution < -0.4 is 15.2 Å². The van der Waals surface area contributed by atoms with E-state index in [1.807, 2.05) is 0 Å². The van der Waals surface area contributed by atoms with Crippen LogP contribution in [-0.4, -0.2) is 20.5 Å². The van der Waals surface area contributed by atoms with Gasteiger partial charge in [-0.15, -0.1) is 0 Å². The van der Waals surface area contributed by atoms with Crippen molar-refractivity contribution in [1.82, 2.24) is 4.98 Å². The largest absolute Gasteiger partial charge is 0.481 e. The number of sulfonamides is 1. The van der Waals surface area contributed by atoms with E-state index >= 15 is 0 Å². The maximum Gasteiger partial charge on any atom is 0.261 e. The van der Waals surface area contributed by atoms with Gasteiger partial charge in [-0.1, -0.05) is 18.2 Å². The summed E-state index contributed by atoms with van der Waals surface area (Å²) in [5.41, 5.74) is 6.14. The number of hydrogen-bond donors (Lipinski definition) is 2. The molecular weight excluding hydrogens is 266 g/mol. The van der Waals surface area contributed by atoms with E-state index in [0.29, 0.717) is 0 Å². The standard InChI is InChI=1S/C12H13N3O3S/c1-18-12-7-11(10(13)8-14-12)15-19(16,17)9-5-3-2-4-6-9/h2-8H,13H2,1H3,(H,14,15). The molecule has 6 nitrogen and oxygen atoms in total. The molecule has 0 fully saturated rings. The Kier molecular flexibility index (Phi) is 3.57. The summed E-state index contributed by atoms with van der Waals surface area (Å²) in [6.07, 6.45) is 1.34. The molecule has 2 rings (SSSR count). The normalized spacial score (nSPS) is 11.0. The van der Waals surface area contributed by atoms with Gasteiger partial charge in [0, 0.05) is 6.07 Å². The van der Waals surface area contributed by atoms with Crippen molar-refractivity contribution in [3.63, 3.8) is 0 Å². The van der Waals surface area contributed by atoms with Crippen molar-refractivity contribution in [2.24, 2.45) is 0 Å². The zero-order valence-electron chi connectivity index (χ0n) is 10.2. The SMILES string of the molecule is COc1cc(NS(=O)(=O)c2ccccc2)c(N)cn1. The first kappa shape index (κ1) is 13.2. The molecule has 0 radical (unpaired) electrons. The lowest BCUT2D eigenvalue weighted by Gasteiger charge is -2.11. The zero-order valence-corrected chi connectivity index (χ0v) is 11.0. The smallest absolute Gasteiger partial charge is 0.261 e. The van der Waals surface area contributed by atoms with E-state index in [-0.39, 0.29) is 22.2 Å². The third kappa shape index (κ3) is 2.94. The van der Waals surface area contributed by atoms with Gasteiger partial charge in [-0.25, -0.2) is 13.4 Å². The predicted octanol–water partition coefficient (Wildman–Crippen LogP) is 1.47. The fourth-order valence-electron chi connectivity index (χ4n) is 1.45. The van der Waals surface area contributed by atoms with E-state index in [0.717, 1.165) is 0 Å². The molecule has 100 valence electrons. The van der Waals surface area contributed by atoms with Crippen LogP contribution in [0.15, 0.2) is 47.5 Å². The molecule has 0 saturated heterocycles. The van der Waals surface area contributed by atoms with Crippen LogP contribution in [0.4, 0.5) is 11.4 Å². The molecule has 7 heteroatoms. The molecule has 0 aliphatic carbocycles. The van der Waals surface area contributed by atoms with E-state index in [1.54, 1.807) is 18.2 Å². The lowest BCUT2D eigenvalue weighted by molar-refractivity contribution is 0.398. The maximum atomic E-state index is 12.1. The third-order valence-corrected chi connectivity index (χ3v) is 3.80. The molecule has 0 unspecified atom stereocenters. The van der Waals surface area contributed by atoms with Crippen molar-refractivity contribution in [2.45, 2.75) is 4.90 Å². The summed E-state index contributed by atoms with van der Waals surface area (Å²) >= 11 is 0. The Balaban J connectivity index is 2.36. The summed E-state index contributed by atoms with van der Waals surface area (Å²) < 4.78 is 31.6. The first-order valence-corrected chi connectivity index (χ1v) is 6.88. The molecule has 0 aliphatic rings. The van der Waals surface area contributed by atoms with Gasteiger partial charge in [0.05, 0.1) is 29.6 Å². The van der Waals surface area contributed by atoms with Crippen LogP contribution in [0, 0.1) is 0 Å². The van der Waals surface area contributed by atoms with Crippen molar-refractivity contribution < 1.29 is 13.2 Å². The first-order valence-electron chi connectivity index (χ1n) is 5.40. The summed E-state index contributed by atoms with van der Waals surface area (Å²) in [4.78, 5) is 4.04. The molecule has 1 aromatic carbocycles. The Bertz CT molecular complexity index is 672. The molecule has 1 aromatic heterocycles. The number of ether oxygens (including phenoxy) is 1. The van der Waals surface area contributed by atoms with Crippen LogP contribution in [0.5, 0.6) is 5.88 Å². The van der Waals surface area contributed by atoms with Crippen LogP contribution in [0.1, 0.15) is 0 Å². The molecule has 0 spiro atoms. The second kappa shape index (κ2) is 5.15. The van der Waals surface area contributed by atoms with Crippen molar-refractivity contribution in [2.75, 3.05) is 17.6 Å². The Hall–Kier alpha value is -2.28. The number of methoxy groups -OCH3 is 1. The minimum absolute atomic E-state index is 0.158. The molecule has 2 aromatic rings. The van der Waals surface area contributed by atoms with Gasteiger partial charge in [-0.2, -0.15) is 0 Å². The molecule has 0 saturated carbocycles. The lowest BCUT2D eigenvalue weighted by atomic mass is 10.3. The zero-order chi connectivity index (χ0) is 13.9. The van der Waals surface area contributed by atoms with E-state index in [2.05, 4.69) is 9.71 Å². The summed E-state index contributed by atoms with van der Waals surface area (Å²) in [6.45, 7) is 0. The average Bonchev–Trinajstić information content (AvgIpc) is 2.42. The molecule has 19 heavy (non-hydrogen) atoms. The summed E-state index contributed by atoms with van der Waals surface area (Å²) in [6, 6.07) is 9.45.